The van der Waals surface area contributed by atoms with Gasteiger partial charge in [0.1, 0.15) is 11.3 Å². The van der Waals surface area contributed by atoms with Crippen molar-refractivity contribution in [3.05, 3.63) is 64.3 Å². The minimum atomic E-state index is -0.456. The Labute approximate surface area is 130 Å². The molecule has 0 fully saturated rings. The molecule has 0 radical (unpaired) electrons. The van der Waals surface area contributed by atoms with E-state index in [1.165, 1.54) is 18.3 Å². The van der Waals surface area contributed by atoms with Gasteiger partial charge < -0.3 is 15.1 Å². The number of guanidine groups is 1. The molecule has 2 aromatic heterocycles. The second kappa shape index (κ2) is 5.80. The SMILES string of the molecule is Cc1cc2cc(N=C(N)NC(=O)c3ccc(=O)[nH]c3)ccc2o1. The number of rotatable bonds is 2. The van der Waals surface area contributed by atoms with Crippen LogP contribution in [-0.2, 0) is 0 Å². The van der Waals surface area contributed by atoms with Gasteiger partial charge in [-0.25, -0.2) is 4.99 Å². The molecule has 0 atom stereocenters. The van der Waals surface area contributed by atoms with Crippen LogP contribution in [-0.4, -0.2) is 16.9 Å². The van der Waals surface area contributed by atoms with Crippen LogP contribution >= 0.6 is 0 Å². The normalized spacial score (nSPS) is 11.6. The summed E-state index contributed by atoms with van der Waals surface area (Å²) in [6.07, 6.45) is 1.31. The third kappa shape index (κ3) is 3.29. The number of hydrogen-bond donors (Lipinski definition) is 3. The quantitative estimate of drug-likeness (QED) is 0.494. The second-order valence-corrected chi connectivity index (χ2v) is 4.97. The van der Waals surface area contributed by atoms with E-state index in [4.69, 9.17) is 10.2 Å². The van der Waals surface area contributed by atoms with E-state index in [0.29, 0.717) is 5.69 Å². The average molecular weight is 310 g/mol. The first kappa shape index (κ1) is 14.6. The number of carbonyl (C=O) groups is 1. The van der Waals surface area contributed by atoms with Crippen LogP contribution in [0.1, 0.15) is 16.1 Å². The summed E-state index contributed by atoms with van der Waals surface area (Å²) in [5, 5.41) is 3.37. The Morgan fingerprint density at radius 3 is 2.83 bits per heavy atom. The second-order valence-electron chi connectivity index (χ2n) is 4.97. The van der Waals surface area contributed by atoms with E-state index < -0.39 is 5.91 Å². The molecule has 0 unspecified atom stereocenters. The van der Waals surface area contributed by atoms with Gasteiger partial charge in [-0.05, 0) is 37.3 Å². The minimum Gasteiger partial charge on any atom is -0.461 e. The van der Waals surface area contributed by atoms with E-state index in [0.717, 1.165) is 16.7 Å². The summed E-state index contributed by atoms with van der Waals surface area (Å²) < 4.78 is 5.48. The van der Waals surface area contributed by atoms with Crippen LogP contribution in [0, 0.1) is 6.92 Å². The summed E-state index contributed by atoms with van der Waals surface area (Å²) in [6.45, 7) is 1.86. The van der Waals surface area contributed by atoms with Crippen molar-refractivity contribution in [1.82, 2.24) is 10.3 Å². The molecule has 0 aliphatic heterocycles. The highest BCUT2D eigenvalue weighted by Gasteiger charge is 2.07. The fourth-order valence-corrected chi connectivity index (χ4v) is 2.14. The number of benzene rings is 1. The molecule has 23 heavy (non-hydrogen) atoms. The first-order chi connectivity index (χ1) is 11.0. The molecular formula is C16H14N4O3. The molecular weight excluding hydrogens is 296 g/mol. The molecule has 3 rings (SSSR count). The van der Waals surface area contributed by atoms with Crippen molar-refractivity contribution in [2.75, 3.05) is 0 Å². The number of hydrogen-bond acceptors (Lipinski definition) is 4. The Kier molecular flexibility index (Phi) is 3.68. The Hall–Kier alpha value is -3.35. The third-order valence-corrected chi connectivity index (χ3v) is 3.16. The molecule has 0 aliphatic carbocycles. The maximum absolute atomic E-state index is 12.0. The number of carbonyl (C=O) groups excluding carboxylic acids is 1. The zero-order valence-electron chi connectivity index (χ0n) is 12.3. The summed E-state index contributed by atoms with van der Waals surface area (Å²) in [4.78, 5) is 29.5. The third-order valence-electron chi connectivity index (χ3n) is 3.16. The van der Waals surface area contributed by atoms with E-state index in [1.54, 1.807) is 12.1 Å². The molecule has 2 heterocycles. The summed E-state index contributed by atoms with van der Waals surface area (Å²) in [6, 6.07) is 9.90. The Balaban J connectivity index is 1.79. The summed E-state index contributed by atoms with van der Waals surface area (Å²) >= 11 is 0. The van der Waals surface area contributed by atoms with E-state index in [9.17, 15) is 9.59 Å². The van der Waals surface area contributed by atoms with Crippen molar-refractivity contribution in [1.29, 1.82) is 0 Å². The number of aryl methyl sites for hydroxylation is 1. The Bertz CT molecular complexity index is 948. The van der Waals surface area contributed by atoms with Gasteiger partial charge in [0.15, 0.2) is 0 Å². The molecule has 3 aromatic rings. The zero-order chi connectivity index (χ0) is 16.4. The highest BCUT2D eigenvalue weighted by atomic mass is 16.3. The number of nitrogens with two attached hydrogens (primary N) is 1. The van der Waals surface area contributed by atoms with Gasteiger partial charge in [0.05, 0.1) is 11.3 Å². The standard InChI is InChI=1S/C16H14N4O3/c1-9-6-11-7-12(3-4-13(11)23-9)19-16(17)20-15(22)10-2-5-14(21)18-8-10/h2-8H,1H3,(H,18,21)(H3,17,19,20,22). The molecule has 1 aromatic carbocycles. The van der Waals surface area contributed by atoms with Gasteiger partial charge in [0.25, 0.3) is 5.91 Å². The van der Waals surface area contributed by atoms with Crippen LogP contribution < -0.4 is 16.6 Å². The van der Waals surface area contributed by atoms with Crippen LogP contribution in [0.2, 0.25) is 0 Å². The lowest BCUT2D eigenvalue weighted by molar-refractivity contribution is 0.0976. The Morgan fingerprint density at radius 1 is 1.26 bits per heavy atom. The van der Waals surface area contributed by atoms with Crippen LogP contribution in [0.5, 0.6) is 0 Å². The van der Waals surface area contributed by atoms with Gasteiger partial charge in [-0.2, -0.15) is 0 Å². The highest BCUT2D eigenvalue weighted by molar-refractivity contribution is 6.05. The maximum atomic E-state index is 12.0. The smallest absolute Gasteiger partial charge is 0.259 e. The highest BCUT2D eigenvalue weighted by Crippen LogP contribution is 2.24. The van der Waals surface area contributed by atoms with Crippen molar-refractivity contribution >= 4 is 28.5 Å². The van der Waals surface area contributed by atoms with Crippen molar-refractivity contribution in [3.63, 3.8) is 0 Å². The number of nitrogens with zero attached hydrogens (tertiary/aromatic N) is 1. The summed E-state index contributed by atoms with van der Waals surface area (Å²) in [5.41, 5.74) is 7.10. The number of fused-ring (bicyclic) bond motifs is 1. The monoisotopic (exact) mass is 310 g/mol. The van der Waals surface area contributed by atoms with Gasteiger partial charge in [-0.3, -0.25) is 14.9 Å². The van der Waals surface area contributed by atoms with Gasteiger partial charge in [-0.1, -0.05) is 0 Å². The topological polar surface area (TPSA) is 113 Å². The number of pyridine rings is 1. The van der Waals surface area contributed by atoms with Crippen LogP contribution in [0.25, 0.3) is 11.0 Å². The number of aromatic amines is 1. The number of furan rings is 1. The van der Waals surface area contributed by atoms with Gasteiger partial charge >= 0.3 is 0 Å². The molecule has 7 heteroatoms. The fraction of sp³-hybridized carbons (Fsp3) is 0.0625. The van der Waals surface area contributed by atoms with E-state index in [2.05, 4.69) is 15.3 Å². The number of aromatic nitrogens is 1. The van der Waals surface area contributed by atoms with E-state index in [-0.39, 0.29) is 17.1 Å². The molecule has 0 saturated carbocycles. The van der Waals surface area contributed by atoms with Crippen molar-refractivity contribution in [2.45, 2.75) is 6.92 Å². The van der Waals surface area contributed by atoms with Gasteiger partial charge in [0.2, 0.25) is 11.5 Å². The van der Waals surface area contributed by atoms with Crippen LogP contribution in [0.15, 0.2) is 56.8 Å². The van der Waals surface area contributed by atoms with Gasteiger partial charge in [0, 0.05) is 17.6 Å². The van der Waals surface area contributed by atoms with Crippen molar-refractivity contribution in [3.8, 4) is 0 Å². The first-order valence-electron chi connectivity index (χ1n) is 6.86. The summed E-state index contributed by atoms with van der Waals surface area (Å²) in [5.74, 6) is 0.309. The largest absolute Gasteiger partial charge is 0.461 e. The number of amides is 1. The molecule has 1 amide bonds. The maximum Gasteiger partial charge on any atom is 0.259 e. The lowest BCUT2D eigenvalue weighted by atomic mass is 10.2. The molecule has 0 aliphatic rings. The van der Waals surface area contributed by atoms with Gasteiger partial charge in [-0.15, -0.1) is 0 Å². The van der Waals surface area contributed by atoms with Crippen LogP contribution in [0.3, 0.4) is 0 Å². The fourth-order valence-electron chi connectivity index (χ4n) is 2.14. The van der Waals surface area contributed by atoms with E-state index in [1.807, 2.05) is 19.1 Å². The van der Waals surface area contributed by atoms with Crippen molar-refractivity contribution < 1.29 is 9.21 Å². The molecule has 0 saturated heterocycles. The zero-order valence-corrected chi connectivity index (χ0v) is 12.3. The first-order valence-corrected chi connectivity index (χ1v) is 6.86. The minimum absolute atomic E-state index is 0.0410. The molecule has 7 nitrogen and oxygen atoms in total. The van der Waals surface area contributed by atoms with Crippen LogP contribution in [0.4, 0.5) is 5.69 Å². The molecule has 4 N–H and O–H groups in total. The predicted molar refractivity (Wildman–Crippen MR) is 86.8 cm³/mol. The molecule has 116 valence electrons. The van der Waals surface area contributed by atoms with Crippen molar-refractivity contribution in [2.24, 2.45) is 10.7 Å². The van der Waals surface area contributed by atoms with E-state index >= 15 is 0 Å². The lowest BCUT2D eigenvalue weighted by Gasteiger charge is -2.04. The molecule has 0 spiro atoms. The predicted octanol–water partition coefficient (Wildman–Crippen LogP) is 1.81. The lowest BCUT2D eigenvalue weighted by Crippen LogP contribution is -2.36. The average Bonchev–Trinajstić information content (AvgIpc) is 2.87. The summed E-state index contributed by atoms with van der Waals surface area (Å²) in [7, 11) is 0. The Morgan fingerprint density at radius 2 is 2.09 bits per heavy atom. The molecule has 0 bridgehead atoms. The number of H-pyrrole nitrogens is 1. The number of nitrogens with one attached hydrogen (secondary N) is 2. The number of aliphatic imine (C=N–C) groups is 1.